The lowest BCUT2D eigenvalue weighted by Gasteiger charge is -2.39. The zero-order valence-corrected chi connectivity index (χ0v) is 19.2. The number of aliphatic imine (C=N–C) groups is 1. The van der Waals surface area contributed by atoms with Gasteiger partial charge in [-0.05, 0) is 44.6 Å². The molecule has 27 heavy (non-hydrogen) atoms. The van der Waals surface area contributed by atoms with Gasteiger partial charge in [-0.2, -0.15) is 0 Å². The highest BCUT2D eigenvalue weighted by molar-refractivity contribution is 14.0. The van der Waals surface area contributed by atoms with Crippen LogP contribution in [0.5, 0.6) is 0 Å². The van der Waals surface area contributed by atoms with Crippen LogP contribution in [0, 0.1) is 5.92 Å². The van der Waals surface area contributed by atoms with Gasteiger partial charge in [-0.3, -0.25) is 9.89 Å². The normalized spacial score (nSPS) is 23.4. The van der Waals surface area contributed by atoms with Crippen molar-refractivity contribution in [3.05, 3.63) is 35.9 Å². The number of guanidine groups is 1. The van der Waals surface area contributed by atoms with Crippen molar-refractivity contribution in [2.45, 2.75) is 38.6 Å². The molecule has 3 rings (SSSR count). The van der Waals surface area contributed by atoms with Gasteiger partial charge in [-0.15, -0.1) is 24.0 Å². The van der Waals surface area contributed by atoms with Crippen LogP contribution in [0.3, 0.4) is 0 Å². The predicted molar refractivity (Wildman–Crippen MR) is 123 cm³/mol. The molecule has 1 saturated carbocycles. The minimum absolute atomic E-state index is 0. The molecule has 0 aromatic heterocycles. The molecule has 2 aliphatic rings. The lowest BCUT2D eigenvalue weighted by Crippen LogP contribution is -2.52. The average molecular weight is 486 g/mol. The molecule has 2 atom stereocenters. The highest BCUT2D eigenvalue weighted by atomic mass is 127. The number of hydrogen-bond acceptors (Lipinski definition) is 3. The van der Waals surface area contributed by atoms with Gasteiger partial charge in [0.1, 0.15) is 0 Å². The maximum Gasteiger partial charge on any atom is 0.191 e. The number of halogens is 1. The van der Waals surface area contributed by atoms with Crippen molar-refractivity contribution in [2.24, 2.45) is 10.9 Å². The van der Waals surface area contributed by atoms with E-state index in [1.54, 1.807) is 0 Å². The van der Waals surface area contributed by atoms with E-state index in [4.69, 9.17) is 9.73 Å². The molecule has 6 heteroatoms. The Labute approximate surface area is 181 Å². The van der Waals surface area contributed by atoms with E-state index in [0.717, 1.165) is 51.9 Å². The third kappa shape index (κ3) is 6.61. The second kappa shape index (κ2) is 10.6. The molecule has 152 valence electrons. The third-order valence-electron chi connectivity index (χ3n) is 5.52. The maximum absolute atomic E-state index is 5.48. The summed E-state index contributed by atoms with van der Waals surface area (Å²) in [5, 5.41) is 6.95. The van der Waals surface area contributed by atoms with Gasteiger partial charge in [-0.25, -0.2) is 0 Å². The summed E-state index contributed by atoms with van der Waals surface area (Å²) in [6.45, 7) is 13.0. The molecule has 2 N–H and O–H groups in total. The Morgan fingerprint density at radius 3 is 2.56 bits per heavy atom. The van der Waals surface area contributed by atoms with E-state index in [0.29, 0.717) is 11.8 Å². The van der Waals surface area contributed by atoms with E-state index in [1.807, 2.05) is 0 Å². The Kier molecular flexibility index (Phi) is 8.82. The van der Waals surface area contributed by atoms with Crippen LogP contribution < -0.4 is 10.6 Å². The van der Waals surface area contributed by atoms with Crippen LogP contribution in [0.15, 0.2) is 35.3 Å². The smallest absolute Gasteiger partial charge is 0.191 e. The fraction of sp³-hybridized carbons (Fsp3) is 0.667. The molecule has 1 heterocycles. The standard InChI is InChI=1S/C21H34N4O.HI/c1-4-22-20(24-16-21(2,3)25-10-12-26-13-11-25)23-15-18-14-19(18)17-8-6-5-7-9-17;/h5-9,18-19H,4,10-16H2,1-3H3,(H2,22,23,24);1H. The molecule has 1 aromatic rings. The summed E-state index contributed by atoms with van der Waals surface area (Å²) >= 11 is 0. The highest BCUT2D eigenvalue weighted by Gasteiger charge is 2.38. The Hall–Kier alpha value is -0.860. The van der Waals surface area contributed by atoms with E-state index >= 15 is 0 Å². The van der Waals surface area contributed by atoms with Crippen molar-refractivity contribution in [1.29, 1.82) is 0 Å². The predicted octanol–water partition coefficient (Wildman–Crippen LogP) is 3.07. The summed E-state index contributed by atoms with van der Waals surface area (Å²) in [6.07, 6.45) is 1.27. The quantitative estimate of drug-likeness (QED) is 0.354. The van der Waals surface area contributed by atoms with Gasteiger partial charge in [0.25, 0.3) is 0 Å². The minimum Gasteiger partial charge on any atom is -0.379 e. The molecule has 0 bridgehead atoms. The molecule has 2 unspecified atom stereocenters. The number of nitrogens with zero attached hydrogens (tertiary/aromatic N) is 2. The van der Waals surface area contributed by atoms with Gasteiger partial charge in [0.15, 0.2) is 5.96 Å². The number of rotatable bonds is 7. The summed E-state index contributed by atoms with van der Waals surface area (Å²) in [6, 6.07) is 10.9. The fourth-order valence-electron chi connectivity index (χ4n) is 3.69. The van der Waals surface area contributed by atoms with Crippen molar-refractivity contribution in [2.75, 3.05) is 45.9 Å². The van der Waals surface area contributed by atoms with Crippen LogP contribution in [0.25, 0.3) is 0 Å². The molecule has 1 aliphatic heterocycles. The Bertz CT molecular complexity index is 587. The molecule has 5 nitrogen and oxygen atoms in total. The van der Waals surface area contributed by atoms with Gasteiger partial charge >= 0.3 is 0 Å². The molecule has 0 radical (unpaired) electrons. The SMILES string of the molecule is CCNC(=NCC(C)(C)N1CCOCC1)NCC1CC1c1ccccc1.I. The second-order valence-corrected chi connectivity index (χ2v) is 8.00. The van der Waals surface area contributed by atoms with Crippen LogP contribution in [0.2, 0.25) is 0 Å². The third-order valence-corrected chi connectivity index (χ3v) is 5.52. The molecule has 1 saturated heterocycles. The zero-order chi connectivity index (χ0) is 18.4. The van der Waals surface area contributed by atoms with Crippen LogP contribution in [-0.4, -0.2) is 62.3 Å². The summed E-state index contributed by atoms with van der Waals surface area (Å²) in [5.41, 5.74) is 1.52. The van der Waals surface area contributed by atoms with Crippen molar-refractivity contribution >= 4 is 29.9 Å². The average Bonchev–Trinajstić information content (AvgIpc) is 3.45. The van der Waals surface area contributed by atoms with E-state index in [9.17, 15) is 0 Å². The number of hydrogen-bond donors (Lipinski definition) is 2. The van der Waals surface area contributed by atoms with Crippen molar-refractivity contribution in [3.8, 4) is 0 Å². The maximum atomic E-state index is 5.48. The van der Waals surface area contributed by atoms with Gasteiger partial charge in [-0.1, -0.05) is 30.3 Å². The zero-order valence-electron chi connectivity index (χ0n) is 16.9. The largest absolute Gasteiger partial charge is 0.379 e. The fourth-order valence-corrected chi connectivity index (χ4v) is 3.69. The first-order chi connectivity index (χ1) is 12.6. The molecule has 2 fully saturated rings. The minimum atomic E-state index is 0. The van der Waals surface area contributed by atoms with Gasteiger partial charge in [0, 0.05) is 31.7 Å². The van der Waals surface area contributed by atoms with Crippen LogP contribution in [0.4, 0.5) is 0 Å². The van der Waals surface area contributed by atoms with E-state index in [-0.39, 0.29) is 29.5 Å². The van der Waals surface area contributed by atoms with E-state index in [1.165, 1.54) is 12.0 Å². The molecule has 0 amide bonds. The van der Waals surface area contributed by atoms with Crippen molar-refractivity contribution < 1.29 is 4.74 Å². The Balaban J connectivity index is 0.00000261. The molecular formula is C21H35IN4O. The lowest BCUT2D eigenvalue weighted by atomic mass is 10.0. The number of benzene rings is 1. The molecular weight excluding hydrogens is 451 g/mol. The molecule has 1 aliphatic carbocycles. The monoisotopic (exact) mass is 486 g/mol. The number of ether oxygens (including phenoxy) is 1. The van der Waals surface area contributed by atoms with E-state index in [2.05, 4.69) is 66.6 Å². The summed E-state index contributed by atoms with van der Waals surface area (Å²) < 4.78 is 5.48. The van der Waals surface area contributed by atoms with Crippen molar-refractivity contribution in [3.63, 3.8) is 0 Å². The lowest BCUT2D eigenvalue weighted by molar-refractivity contribution is -0.00683. The van der Waals surface area contributed by atoms with Crippen LogP contribution in [-0.2, 0) is 4.74 Å². The summed E-state index contributed by atoms with van der Waals surface area (Å²) in [5.74, 6) is 2.36. The van der Waals surface area contributed by atoms with Crippen LogP contribution >= 0.6 is 24.0 Å². The topological polar surface area (TPSA) is 48.9 Å². The van der Waals surface area contributed by atoms with E-state index < -0.39 is 0 Å². The molecule has 0 spiro atoms. The van der Waals surface area contributed by atoms with Crippen molar-refractivity contribution in [1.82, 2.24) is 15.5 Å². The first kappa shape index (κ1) is 22.4. The summed E-state index contributed by atoms with van der Waals surface area (Å²) in [4.78, 5) is 7.35. The van der Waals surface area contributed by atoms with Gasteiger partial charge in [0.05, 0.1) is 19.8 Å². The Morgan fingerprint density at radius 1 is 1.19 bits per heavy atom. The van der Waals surface area contributed by atoms with Gasteiger partial charge in [0.2, 0.25) is 0 Å². The number of morpholine rings is 1. The summed E-state index contributed by atoms with van der Waals surface area (Å²) in [7, 11) is 0. The second-order valence-electron chi connectivity index (χ2n) is 8.00. The first-order valence-corrected chi connectivity index (χ1v) is 10.00. The Morgan fingerprint density at radius 2 is 1.89 bits per heavy atom. The van der Waals surface area contributed by atoms with Gasteiger partial charge < -0.3 is 15.4 Å². The van der Waals surface area contributed by atoms with Crippen LogP contribution in [0.1, 0.15) is 38.7 Å². The first-order valence-electron chi connectivity index (χ1n) is 10.00. The molecule has 1 aromatic carbocycles. The number of nitrogens with one attached hydrogen (secondary N) is 2. The highest BCUT2D eigenvalue weighted by Crippen LogP contribution is 2.46.